The van der Waals surface area contributed by atoms with Gasteiger partial charge in [-0.2, -0.15) is 0 Å². The van der Waals surface area contributed by atoms with Crippen LogP contribution in [0.1, 0.15) is 16.7 Å². The molecule has 25 heavy (non-hydrogen) atoms. The number of esters is 1. The maximum Gasteiger partial charge on any atom is 0.310 e. The van der Waals surface area contributed by atoms with E-state index in [4.69, 9.17) is 21.1 Å². The van der Waals surface area contributed by atoms with Gasteiger partial charge >= 0.3 is 5.97 Å². The molecule has 2 rings (SSSR count). The molecule has 0 heterocycles. The van der Waals surface area contributed by atoms with Crippen molar-refractivity contribution in [1.82, 2.24) is 0 Å². The van der Waals surface area contributed by atoms with Crippen molar-refractivity contribution >= 4 is 29.2 Å². The smallest absolute Gasteiger partial charge is 0.310 e. The summed E-state index contributed by atoms with van der Waals surface area (Å²) < 4.78 is 10.3. The van der Waals surface area contributed by atoms with E-state index in [-0.39, 0.29) is 13.0 Å². The van der Waals surface area contributed by atoms with Crippen LogP contribution >= 0.6 is 11.6 Å². The van der Waals surface area contributed by atoms with Gasteiger partial charge in [0.05, 0.1) is 13.5 Å². The predicted molar refractivity (Wildman–Crippen MR) is 97.2 cm³/mol. The van der Waals surface area contributed by atoms with E-state index < -0.39 is 11.9 Å². The third-order valence-corrected chi connectivity index (χ3v) is 4.00. The van der Waals surface area contributed by atoms with E-state index in [9.17, 15) is 9.59 Å². The predicted octanol–water partition coefficient (Wildman–Crippen LogP) is 3.69. The Bertz CT molecular complexity index is 789. The molecule has 132 valence electrons. The van der Waals surface area contributed by atoms with E-state index in [0.717, 1.165) is 16.7 Å². The number of benzene rings is 2. The zero-order valence-electron chi connectivity index (χ0n) is 14.4. The lowest BCUT2D eigenvalue weighted by Crippen LogP contribution is -2.21. The first-order valence-corrected chi connectivity index (χ1v) is 8.12. The zero-order valence-corrected chi connectivity index (χ0v) is 15.1. The number of aryl methyl sites for hydroxylation is 2. The SMILES string of the molecule is COc1ccc(C)cc1CC(=O)OCC(=O)Nc1ccc(C)c(Cl)c1. The second-order valence-electron chi connectivity index (χ2n) is 5.66. The highest BCUT2D eigenvalue weighted by molar-refractivity contribution is 6.31. The minimum atomic E-state index is -0.499. The minimum Gasteiger partial charge on any atom is -0.496 e. The van der Waals surface area contributed by atoms with Crippen LogP contribution in [0.5, 0.6) is 5.75 Å². The molecule has 6 heteroatoms. The molecule has 0 aliphatic rings. The van der Waals surface area contributed by atoms with Crippen LogP contribution in [-0.4, -0.2) is 25.6 Å². The number of ether oxygens (including phenoxy) is 2. The fourth-order valence-corrected chi connectivity index (χ4v) is 2.45. The van der Waals surface area contributed by atoms with Crippen molar-refractivity contribution in [2.24, 2.45) is 0 Å². The number of carbonyl (C=O) groups excluding carboxylic acids is 2. The highest BCUT2D eigenvalue weighted by atomic mass is 35.5. The van der Waals surface area contributed by atoms with Crippen LogP contribution < -0.4 is 10.1 Å². The van der Waals surface area contributed by atoms with Gasteiger partial charge in [-0.1, -0.05) is 35.4 Å². The number of halogens is 1. The Hall–Kier alpha value is -2.53. The first-order valence-electron chi connectivity index (χ1n) is 7.74. The molecule has 0 aromatic heterocycles. The average Bonchev–Trinajstić information content (AvgIpc) is 2.57. The van der Waals surface area contributed by atoms with Gasteiger partial charge in [0, 0.05) is 16.3 Å². The van der Waals surface area contributed by atoms with Crippen LogP contribution in [-0.2, 0) is 20.7 Å². The molecule has 0 atom stereocenters. The average molecular weight is 362 g/mol. The molecule has 5 nitrogen and oxygen atoms in total. The Morgan fingerprint density at radius 3 is 2.56 bits per heavy atom. The Morgan fingerprint density at radius 2 is 1.88 bits per heavy atom. The number of hydrogen-bond donors (Lipinski definition) is 1. The maximum atomic E-state index is 12.0. The molecular formula is C19H20ClNO4. The summed E-state index contributed by atoms with van der Waals surface area (Å²) in [7, 11) is 1.54. The standard InChI is InChI=1S/C19H20ClNO4/c1-12-4-7-17(24-3)14(8-12)9-19(23)25-11-18(22)21-15-6-5-13(2)16(20)10-15/h4-8,10H,9,11H2,1-3H3,(H,21,22). The number of carbonyl (C=O) groups is 2. The lowest BCUT2D eigenvalue weighted by Gasteiger charge is -2.10. The second kappa shape index (κ2) is 8.53. The number of nitrogens with one attached hydrogen (secondary N) is 1. The summed E-state index contributed by atoms with van der Waals surface area (Å²) >= 11 is 6.01. The molecule has 0 aliphatic carbocycles. The first-order chi connectivity index (χ1) is 11.9. The Morgan fingerprint density at radius 1 is 1.12 bits per heavy atom. The fourth-order valence-electron chi connectivity index (χ4n) is 2.27. The molecule has 0 spiro atoms. The molecule has 0 bridgehead atoms. The third kappa shape index (κ3) is 5.50. The van der Waals surface area contributed by atoms with Crippen LogP contribution in [0, 0.1) is 13.8 Å². The van der Waals surface area contributed by atoms with Crippen molar-refractivity contribution in [2.45, 2.75) is 20.3 Å². The molecular weight excluding hydrogens is 342 g/mol. The van der Waals surface area contributed by atoms with Gasteiger partial charge in [-0.25, -0.2) is 0 Å². The molecule has 1 N–H and O–H groups in total. The summed E-state index contributed by atoms with van der Waals surface area (Å²) in [5, 5.41) is 3.19. The van der Waals surface area contributed by atoms with Crippen molar-refractivity contribution in [1.29, 1.82) is 0 Å². The normalized spacial score (nSPS) is 10.2. The number of amides is 1. The first kappa shape index (κ1) is 18.8. The van der Waals surface area contributed by atoms with E-state index in [2.05, 4.69) is 5.32 Å². The molecule has 0 saturated carbocycles. The van der Waals surface area contributed by atoms with E-state index in [0.29, 0.717) is 16.5 Å². The van der Waals surface area contributed by atoms with Gasteiger partial charge in [0.1, 0.15) is 5.75 Å². The molecule has 0 unspecified atom stereocenters. The van der Waals surface area contributed by atoms with Gasteiger partial charge in [0.25, 0.3) is 5.91 Å². The largest absolute Gasteiger partial charge is 0.496 e. The number of anilines is 1. The quantitative estimate of drug-likeness (QED) is 0.797. The molecule has 2 aromatic rings. The second-order valence-corrected chi connectivity index (χ2v) is 6.07. The van der Waals surface area contributed by atoms with E-state index in [1.54, 1.807) is 31.4 Å². The summed E-state index contributed by atoms with van der Waals surface area (Å²) in [6, 6.07) is 10.7. The van der Waals surface area contributed by atoms with Gasteiger partial charge in [-0.15, -0.1) is 0 Å². The van der Waals surface area contributed by atoms with E-state index in [1.165, 1.54) is 0 Å². The van der Waals surface area contributed by atoms with Crippen molar-refractivity contribution < 1.29 is 19.1 Å². The Labute approximate surface area is 151 Å². The number of rotatable bonds is 6. The molecule has 0 aliphatic heterocycles. The molecule has 2 aromatic carbocycles. The van der Waals surface area contributed by atoms with Gasteiger partial charge in [-0.05, 0) is 37.6 Å². The Kier molecular flexibility index (Phi) is 6.42. The lowest BCUT2D eigenvalue weighted by atomic mass is 10.1. The number of hydrogen-bond acceptors (Lipinski definition) is 4. The third-order valence-electron chi connectivity index (χ3n) is 3.59. The summed E-state index contributed by atoms with van der Waals surface area (Å²) in [6.45, 7) is 3.43. The maximum absolute atomic E-state index is 12.0. The van der Waals surface area contributed by atoms with E-state index >= 15 is 0 Å². The van der Waals surface area contributed by atoms with Gasteiger partial charge in [-0.3, -0.25) is 9.59 Å². The van der Waals surface area contributed by atoms with Crippen LogP contribution in [0.25, 0.3) is 0 Å². The molecule has 1 amide bonds. The van der Waals surface area contributed by atoms with Crippen molar-refractivity contribution in [3.05, 3.63) is 58.1 Å². The van der Waals surface area contributed by atoms with Crippen molar-refractivity contribution in [3.63, 3.8) is 0 Å². The van der Waals surface area contributed by atoms with Crippen molar-refractivity contribution in [3.8, 4) is 5.75 Å². The van der Waals surface area contributed by atoms with Crippen molar-refractivity contribution in [2.75, 3.05) is 19.0 Å². The zero-order chi connectivity index (χ0) is 18.4. The number of methoxy groups -OCH3 is 1. The molecule has 0 fully saturated rings. The lowest BCUT2D eigenvalue weighted by molar-refractivity contribution is -0.146. The summed E-state index contributed by atoms with van der Waals surface area (Å²) in [5.74, 6) is -0.313. The topological polar surface area (TPSA) is 64.6 Å². The molecule has 0 saturated heterocycles. The summed E-state index contributed by atoms with van der Waals surface area (Å²) in [4.78, 5) is 23.9. The van der Waals surface area contributed by atoms with Gasteiger partial charge < -0.3 is 14.8 Å². The van der Waals surface area contributed by atoms with Gasteiger partial charge in [0.15, 0.2) is 6.61 Å². The fraction of sp³-hybridized carbons (Fsp3) is 0.263. The summed E-state index contributed by atoms with van der Waals surface area (Å²) in [6.07, 6.45) is 0.0362. The molecule has 0 radical (unpaired) electrons. The Balaban J connectivity index is 1.88. The van der Waals surface area contributed by atoms with Crippen LogP contribution in [0.3, 0.4) is 0 Å². The van der Waals surface area contributed by atoms with E-state index in [1.807, 2.05) is 26.0 Å². The van der Waals surface area contributed by atoms with Crippen LogP contribution in [0.15, 0.2) is 36.4 Å². The minimum absolute atomic E-state index is 0.0362. The van der Waals surface area contributed by atoms with Crippen LogP contribution in [0.2, 0.25) is 5.02 Å². The van der Waals surface area contributed by atoms with Gasteiger partial charge in [0.2, 0.25) is 0 Å². The highest BCUT2D eigenvalue weighted by Crippen LogP contribution is 2.21. The monoisotopic (exact) mass is 361 g/mol. The van der Waals surface area contributed by atoms with Crippen LogP contribution in [0.4, 0.5) is 5.69 Å². The summed E-state index contributed by atoms with van der Waals surface area (Å²) in [5.41, 5.74) is 3.20. The highest BCUT2D eigenvalue weighted by Gasteiger charge is 2.12.